The molecule has 0 aliphatic heterocycles. The highest BCUT2D eigenvalue weighted by atomic mass is 16.5. The zero-order chi connectivity index (χ0) is 17.9. The van der Waals surface area contributed by atoms with E-state index in [1.165, 1.54) is 0 Å². The zero-order valence-corrected chi connectivity index (χ0v) is 14.2. The topological polar surface area (TPSA) is 67.0 Å². The SMILES string of the molecule is COc1ccccc1C(=O)Nc1cnc2[nH]c(-c3ccccc3)cc2c1. The number of carbonyl (C=O) groups is 1. The molecule has 5 heteroatoms. The summed E-state index contributed by atoms with van der Waals surface area (Å²) in [5, 5.41) is 3.81. The first-order valence-electron chi connectivity index (χ1n) is 8.23. The van der Waals surface area contributed by atoms with Gasteiger partial charge in [0, 0.05) is 11.1 Å². The molecular formula is C21H17N3O2. The van der Waals surface area contributed by atoms with Crippen LogP contribution in [0.25, 0.3) is 22.3 Å². The van der Waals surface area contributed by atoms with Crippen LogP contribution in [0.1, 0.15) is 10.4 Å². The second-order valence-electron chi connectivity index (χ2n) is 5.87. The fourth-order valence-corrected chi connectivity index (χ4v) is 2.89. The molecule has 0 bridgehead atoms. The van der Waals surface area contributed by atoms with E-state index < -0.39 is 0 Å². The van der Waals surface area contributed by atoms with Crippen molar-refractivity contribution in [2.24, 2.45) is 0 Å². The highest BCUT2D eigenvalue weighted by Gasteiger charge is 2.12. The largest absolute Gasteiger partial charge is 0.496 e. The maximum Gasteiger partial charge on any atom is 0.259 e. The van der Waals surface area contributed by atoms with Gasteiger partial charge in [-0.15, -0.1) is 0 Å². The summed E-state index contributed by atoms with van der Waals surface area (Å²) < 4.78 is 5.25. The van der Waals surface area contributed by atoms with E-state index in [9.17, 15) is 4.79 Å². The van der Waals surface area contributed by atoms with Gasteiger partial charge >= 0.3 is 0 Å². The lowest BCUT2D eigenvalue weighted by Crippen LogP contribution is -2.13. The predicted octanol–water partition coefficient (Wildman–Crippen LogP) is 4.49. The van der Waals surface area contributed by atoms with E-state index in [0.29, 0.717) is 17.0 Å². The van der Waals surface area contributed by atoms with Gasteiger partial charge in [-0.2, -0.15) is 0 Å². The first kappa shape index (κ1) is 15.9. The van der Waals surface area contributed by atoms with Crippen molar-refractivity contribution < 1.29 is 9.53 Å². The number of aromatic amines is 1. The lowest BCUT2D eigenvalue weighted by molar-refractivity contribution is 0.102. The molecule has 2 N–H and O–H groups in total. The number of pyridine rings is 1. The second-order valence-corrected chi connectivity index (χ2v) is 5.87. The van der Waals surface area contributed by atoms with Gasteiger partial charge in [0.15, 0.2) is 0 Å². The van der Waals surface area contributed by atoms with E-state index in [1.54, 1.807) is 31.5 Å². The second kappa shape index (κ2) is 6.72. The van der Waals surface area contributed by atoms with Crippen LogP contribution in [-0.4, -0.2) is 23.0 Å². The Kier molecular flexibility index (Phi) is 4.11. The van der Waals surface area contributed by atoms with Crippen LogP contribution < -0.4 is 10.1 Å². The fraction of sp³-hybridized carbons (Fsp3) is 0.0476. The molecule has 0 aliphatic rings. The van der Waals surface area contributed by atoms with Crippen LogP contribution in [-0.2, 0) is 0 Å². The molecular weight excluding hydrogens is 326 g/mol. The number of anilines is 1. The van der Waals surface area contributed by atoms with Crippen LogP contribution in [0.3, 0.4) is 0 Å². The predicted molar refractivity (Wildman–Crippen MR) is 102 cm³/mol. The first-order chi connectivity index (χ1) is 12.7. The van der Waals surface area contributed by atoms with Crippen molar-refractivity contribution in [1.82, 2.24) is 9.97 Å². The van der Waals surface area contributed by atoms with Gasteiger partial charge in [-0.25, -0.2) is 4.98 Å². The van der Waals surface area contributed by atoms with E-state index >= 15 is 0 Å². The number of rotatable bonds is 4. The number of benzene rings is 2. The standard InChI is InChI=1S/C21H17N3O2/c1-26-19-10-6-5-9-17(19)21(25)23-16-11-15-12-18(24-20(15)22-13-16)14-7-3-2-4-8-14/h2-13H,1H3,(H,22,24)(H,23,25). The molecule has 2 aromatic carbocycles. The molecule has 0 spiro atoms. The monoisotopic (exact) mass is 343 g/mol. The zero-order valence-electron chi connectivity index (χ0n) is 14.2. The van der Waals surface area contributed by atoms with Crippen molar-refractivity contribution in [1.29, 1.82) is 0 Å². The molecule has 1 amide bonds. The third-order valence-electron chi connectivity index (χ3n) is 4.16. The van der Waals surface area contributed by atoms with Crippen LogP contribution >= 0.6 is 0 Å². The summed E-state index contributed by atoms with van der Waals surface area (Å²) in [5.74, 6) is 0.300. The quantitative estimate of drug-likeness (QED) is 0.574. The number of nitrogens with one attached hydrogen (secondary N) is 2. The van der Waals surface area contributed by atoms with Gasteiger partial charge in [0.2, 0.25) is 0 Å². The Morgan fingerprint density at radius 2 is 1.81 bits per heavy atom. The van der Waals surface area contributed by atoms with Crippen molar-refractivity contribution in [3.05, 3.63) is 78.5 Å². The van der Waals surface area contributed by atoms with Crippen molar-refractivity contribution >= 4 is 22.6 Å². The number of ether oxygens (including phenoxy) is 1. The normalized spacial score (nSPS) is 10.7. The number of carbonyl (C=O) groups excluding carboxylic acids is 1. The Bertz CT molecular complexity index is 1070. The number of nitrogens with zero attached hydrogens (tertiary/aromatic N) is 1. The van der Waals surface area contributed by atoms with Crippen molar-refractivity contribution in [3.8, 4) is 17.0 Å². The summed E-state index contributed by atoms with van der Waals surface area (Å²) in [6.45, 7) is 0. The van der Waals surface area contributed by atoms with E-state index in [-0.39, 0.29) is 5.91 Å². The Morgan fingerprint density at radius 3 is 2.62 bits per heavy atom. The van der Waals surface area contributed by atoms with Crippen LogP contribution in [0.4, 0.5) is 5.69 Å². The average molecular weight is 343 g/mol. The summed E-state index contributed by atoms with van der Waals surface area (Å²) in [5.41, 5.74) is 3.96. The van der Waals surface area contributed by atoms with E-state index in [1.807, 2.05) is 48.5 Å². The smallest absolute Gasteiger partial charge is 0.259 e. The Balaban J connectivity index is 1.62. The molecule has 2 heterocycles. The molecule has 128 valence electrons. The number of hydrogen-bond donors (Lipinski definition) is 2. The highest BCUT2D eigenvalue weighted by Crippen LogP contribution is 2.25. The molecule has 5 nitrogen and oxygen atoms in total. The Hall–Kier alpha value is -3.60. The molecule has 26 heavy (non-hydrogen) atoms. The van der Waals surface area contributed by atoms with Crippen molar-refractivity contribution in [2.45, 2.75) is 0 Å². The van der Waals surface area contributed by atoms with Crippen molar-refractivity contribution in [3.63, 3.8) is 0 Å². The van der Waals surface area contributed by atoms with Gasteiger partial charge in [0.1, 0.15) is 11.4 Å². The van der Waals surface area contributed by atoms with Gasteiger partial charge in [0.05, 0.1) is 24.6 Å². The molecule has 0 radical (unpaired) electrons. The number of amides is 1. The van der Waals surface area contributed by atoms with E-state index in [0.717, 1.165) is 22.3 Å². The van der Waals surface area contributed by atoms with Crippen LogP contribution in [0.5, 0.6) is 5.75 Å². The van der Waals surface area contributed by atoms with Crippen molar-refractivity contribution in [2.75, 3.05) is 12.4 Å². The molecule has 0 saturated carbocycles. The molecule has 0 saturated heterocycles. The highest BCUT2D eigenvalue weighted by molar-refractivity contribution is 6.06. The molecule has 0 unspecified atom stereocenters. The van der Waals surface area contributed by atoms with Crippen LogP contribution in [0.2, 0.25) is 0 Å². The average Bonchev–Trinajstić information content (AvgIpc) is 3.12. The van der Waals surface area contributed by atoms with E-state index in [2.05, 4.69) is 15.3 Å². The first-order valence-corrected chi connectivity index (χ1v) is 8.23. The number of H-pyrrole nitrogens is 1. The number of hydrogen-bond acceptors (Lipinski definition) is 3. The maximum atomic E-state index is 12.5. The minimum atomic E-state index is -0.234. The number of aromatic nitrogens is 2. The summed E-state index contributed by atoms with van der Waals surface area (Å²) >= 11 is 0. The lowest BCUT2D eigenvalue weighted by Gasteiger charge is -2.08. The maximum absolute atomic E-state index is 12.5. The Labute approximate surface area is 150 Å². The van der Waals surface area contributed by atoms with Crippen LogP contribution in [0, 0.1) is 0 Å². The number of para-hydroxylation sites is 1. The fourth-order valence-electron chi connectivity index (χ4n) is 2.89. The molecule has 0 atom stereocenters. The molecule has 4 rings (SSSR count). The summed E-state index contributed by atoms with van der Waals surface area (Å²) in [7, 11) is 1.55. The minimum absolute atomic E-state index is 0.234. The summed E-state index contributed by atoms with van der Waals surface area (Å²) in [6.07, 6.45) is 1.64. The van der Waals surface area contributed by atoms with Gasteiger partial charge in [0.25, 0.3) is 5.91 Å². The molecule has 0 fully saturated rings. The minimum Gasteiger partial charge on any atom is -0.496 e. The summed E-state index contributed by atoms with van der Waals surface area (Å²) in [4.78, 5) is 20.2. The van der Waals surface area contributed by atoms with Gasteiger partial charge in [-0.05, 0) is 29.8 Å². The third-order valence-corrected chi connectivity index (χ3v) is 4.16. The Morgan fingerprint density at radius 1 is 1.04 bits per heavy atom. The molecule has 0 aliphatic carbocycles. The molecule has 2 aromatic heterocycles. The van der Waals surface area contributed by atoms with Gasteiger partial charge in [-0.3, -0.25) is 4.79 Å². The summed E-state index contributed by atoms with van der Waals surface area (Å²) in [6, 6.07) is 21.1. The number of fused-ring (bicyclic) bond motifs is 1. The van der Waals surface area contributed by atoms with Gasteiger partial charge in [-0.1, -0.05) is 42.5 Å². The van der Waals surface area contributed by atoms with Gasteiger partial charge < -0.3 is 15.0 Å². The van der Waals surface area contributed by atoms with Crippen LogP contribution in [0.15, 0.2) is 72.9 Å². The lowest BCUT2D eigenvalue weighted by atomic mass is 10.1. The number of methoxy groups -OCH3 is 1. The molecule has 4 aromatic rings. The van der Waals surface area contributed by atoms with E-state index in [4.69, 9.17) is 4.74 Å². The third kappa shape index (κ3) is 3.02.